The Bertz CT molecular complexity index is 538. The third-order valence-electron chi connectivity index (χ3n) is 1.82. The summed E-state index contributed by atoms with van der Waals surface area (Å²) in [5.74, 6) is 0.322. The van der Waals surface area contributed by atoms with E-state index in [0.29, 0.717) is 5.75 Å². The van der Waals surface area contributed by atoms with Crippen molar-refractivity contribution in [3.63, 3.8) is 0 Å². The van der Waals surface area contributed by atoms with Crippen molar-refractivity contribution >= 4 is 9.84 Å². The van der Waals surface area contributed by atoms with E-state index < -0.39 is 9.84 Å². The molecular formula is C12H13NO3S. The van der Waals surface area contributed by atoms with Gasteiger partial charge < -0.3 is 5.11 Å². The molecule has 0 fully saturated rings. The average molecular weight is 251 g/mol. The third-order valence-corrected chi connectivity index (χ3v) is 2.92. The highest BCUT2D eigenvalue weighted by molar-refractivity contribution is 7.90. The van der Waals surface area contributed by atoms with Crippen LogP contribution in [0.3, 0.4) is 0 Å². The van der Waals surface area contributed by atoms with E-state index >= 15 is 0 Å². The van der Waals surface area contributed by atoms with Crippen LogP contribution in [0, 0.1) is 0 Å². The van der Waals surface area contributed by atoms with E-state index in [1.54, 1.807) is 30.3 Å². The van der Waals surface area contributed by atoms with Crippen molar-refractivity contribution in [2.75, 3.05) is 6.26 Å². The molecule has 17 heavy (non-hydrogen) atoms. The molecule has 1 N–H and O–H groups in total. The molecule has 1 heterocycles. The van der Waals surface area contributed by atoms with Crippen molar-refractivity contribution in [2.45, 2.75) is 4.90 Å². The van der Waals surface area contributed by atoms with Crippen LogP contribution >= 0.6 is 0 Å². The molecule has 5 heteroatoms. The fraction of sp³-hybridized carbons (Fsp3) is 0.0833. The Morgan fingerprint density at radius 2 is 1.71 bits per heavy atom. The predicted octanol–water partition coefficient (Wildman–Crippen LogP) is 1.88. The second-order valence-electron chi connectivity index (χ2n) is 3.30. The maximum atomic E-state index is 10.8. The van der Waals surface area contributed by atoms with Crippen LogP contribution in [0.4, 0.5) is 0 Å². The van der Waals surface area contributed by atoms with Crippen LogP contribution in [-0.2, 0) is 9.84 Å². The lowest BCUT2D eigenvalue weighted by Crippen LogP contribution is -1.96. The highest BCUT2D eigenvalue weighted by Gasteiger charge is 2.03. The van der Waals surface area contributed by atoms with Crippen LogP contribution in [0.1, 0.15) is 0 Å². The molecule has 1 aromatic heterocycles. The third kappa shape index (κ3) is 5.12. The minimum atomic E-state index is -3.07. The number of nitrogens with zero attached hydrogens (tertiary/aromatic N) is 1. The Morgan fingerprint density at radius 3 is 2.00 bits per heavy atom. The lowest BCUT2D eigenvalue weighted by molar-refractivity contribution is 0.475. The highest BCUT2D eigenvalue weighted by atomic mass is 32.2. The maximum absolute atomic E-state index is 10.8. The first kappa shape index (κ1) is 13.2. The molecule has 0 aliphatic carbocycles. The first-order chi connectivity index (χ1) is 8.00. The summed E-state index contributed by atoms with van der Waals surface area (Å²) in [4.78, 5) is 3.93. The number of phenols is 1. The van der Waals surface area contributed by atoms with Gasteiger partial charge in [-0.3, -0.25) is 4.98 Å². The molecule has 0 bridgehead atoms. The minimum Gasteiger partial charge on any atom is -0.508 e. The summed E-state index contributed by atoms with van der Waals surface area (Å²) in [6.07, 6.45) is 4.02. The zero-order valence-corrected chi connectivity index (χ0v) is 10.1. The van der Waals surface area contributed by atoms with E-state index in [1.165, 1.54) is 18.5 Å². The van der Waals surface area contributed by atoms with Gasteiger partial charge in [0.2, 0.25) is 0 Å². The molecule has 2 aromatic rings. The highest BCUT2D eigenvalue weighted by Crippen LogP contribution is 2.03. The number of aromatic nitrogens is 1. The number of hydrogen-bond acceptors (Lipinski definition) is 4. The Morgan fingerprint density at radius 1 is 1.06 bits per heavy atom. The summed E-state index contributed by atoms with van der Waals surface area (Å²) in [5.41, 5.74) is 0. The van der Waals surface area contributed by atoms with E-state index in [-0.39, 0.29) is 4.90 Å². The van der Waals surface area contributed by atoms with E-state index in [1.807, 2.05) is 6.07 Å². The van der Waals surface area contributed by atoms with Crippen LogP contribution in [-0.4, -0.2) is 24.8 Å². The van der Waals surface area contributed by atoms with Gasteiger partial charge in [0, 0.05) is 18.6 Å². The smallest absolute Gasteiger partial charge is 0.177 e. The molecule has 2 rings (SSSR count). The molecule has 90 valence electrons. The van der Waals surface area contributed by atoms with Crippen LogP contribution in [0.15, 0.2) is 59.8 Å². The minimum absolute atomic E-state index is 0.259. The number of hydrogen-bond donors (Lipinski definition) is 1. The molecule has 0 spiro atoms. The van der Waals surface area contributed by atoms with Crippen molar-refractivity contribution in [2.24, 2.45) is 0 Å². The van der Waals surface area contributed by atoms with Gasteiger partial charge >= 0.3 is 0 Å². The second-order valence-corrected chi connectivity index (χ2v) is 5.31. The summed E-state index contributed by atoms with van der Waals surface area (Å²) < 4.78 is 21.6. The predicted molar refractivity (Wildman–Crippen MR) is 65.5 cm³/mol. The van der Waals surface area contributed by atoms with Gasteiger partial charge in [-0.25, -0.2) is 8.42 Å². The maximum Gasteiger partial charge on any atom is 0.177 e. The normalized spacial score (nSPS) is 10.2. The molecule has 0 saturated carbocycles. The topological polar surface area (TPSA) is 67.3 Å². The van der Waals surface area contributed by atoms with Crippen molar-refractivity contribution < 1.29 is 13.5 Å². The molecule has 0 radical (unpaired) electrons. The van der Waals surface area contributed by atoms with Gasteiger partial charge in [-0.2, -0.15) is 0 Å². The zero-order valence-electron chi connectivity index (χ0n) is 9.32. The Balaban J connectivity index is 0.000000181. The average Bonchev–Trinajstić information content (AvgIpc) is 2.31. The summed E-state index contributed by atoms with van der Waals surface area (Å²) in [6.45, 7) is 0. The number of sulfone groups is 1. The standard InChI is InChI=1S/C6H7NO2S.C6H6O/c1-10(8,9)6-3-2-4-7-5-6;7-6-4-2-1-3-5-6/h2-5H,1H3;1-5,7H. The molecule has 0 unspecified atom stereocenters. The van der Waals surface area contributed by atoms with Gasteiger partial charge in [0.25, 0.3) is 0 Å². The molecule has 4 nitrogen and oxygen atoms in total. The van der Waals surface area contributed by atoms with Crippen LogP contribution in [0.2, 0.25) is 0 Å². The number of para-hydroxylation sites is 1. The first-order valence-corrected chi connectivity index (χ1v) is 6.73. The second kappa shape index (κ2) is 6.00. The van der Waals surface area contributed by atoms with Crippen LogP contribution in [0.5, 0.6) is 5.75 Å². The summed E-state index contributed by atoms with van der Waals surface area (Å²) in [6, 6.07) is 11.8. The number of rotatable bonds is 1. The van der Waals surface area contributed by atoms with Crippen molar-refractivity contribution in [3.8, 4) is 5.75 Å². The van der Waals surface area contributed by atoms with E-state index in [4.69, 9.17) is 5.11 Å². The summed E-state index contributed by atoms with van der Waals surface area (Å²) >= 11 is 0. The van der Waals surface area contributed by atoms with Crippen molar-refractivity contribution in [3.05, 3.63) is 54.9 Å². The van der Waals surface area contributed by atoms with Crippen LogP contribution < -0.4 is 0 Å². The zero-order chi connectivity index (χ0) is 12.7. The summed E-state index contributed by atoms with van der Waals surface area (Å²) in [7, 11) is -3.07. The van der Waals surface area contributed by atoms with Crippen molar-refractivity contribution in [1.29, 1.82) is 0 Å². The van der Waals surface area contributed by atoms with Gasteiger partial charge in [-0.1, -0.05) is 18.2 Å². The Kier molecular flexibility index (Phi) is 4.66. The van der Waals surface area contributed by atoms with E-state index in [0.717, 1.165) is 6.26 Å². The first-order valence-electron chi connectivity index (χ1n) is 4.84. The molecule has 0 saturated heterocycles. The molecule has 0 aliphatic heterocycles. The Hall–Kier alpha value is -1.88. The molecule has 1 aromatic carbocycles. The number of benzene rings is 1. The molecular weight excluding hydrogens is 238 g/mol. The largest absolute Gasteiger partial charge is 0.508 e. The quantitative estimate of drug-likeness (QED) is 0.840. The number of phenolic OH excluding ortho intramolecular Hbond substituents is 1. The molecule has 0 amide bonds. The van der Waals surface area contributed by atoms with Gasteiger partial charge in [-0.05, 0) is 24.3 Å². The van der Waals surface area contributed by atoms with Crippen LogP contribution in [0.25, 0.3) is 0 Å². The van der Waals surface area contributed by atoms with Gasteiger partial charge in [0.15, 0.2) is 9.84 Å². The Labute approximate surface area is 100 Å². The summed E-state index contributed by atoms with van der Waals surface area (Å²) in [5, 5.41) is 8.63. The number of aromatic hydroxyl groups is 1. The van der Waals surface area contributed by atoms with E-state index in [2.05, 4.69) is 4.98 Å². The van der Waals surface area contributed by atoms with Gasteiger partial charge in [0.1, 0.15) is 5.75 Å². The molecule has 0 atom stereocenters. The molecule has 0 aliphatic rings. The monoisotopic (exact) mass is 251 g/mol. The van der Waals surface area contributed by atoms with Crippen molar-refractivity contribution in [1.82, 2.24) is 4.98 Å². The fourth-order valence-corrected chi connectivity index (χ4v) is 1.57. The SMILES string of the molecule is CS(=O)(=O)c1cccnc1.Oc1ccccc1. The fourth-order valence-electron chi connectivity index (χ4n) is 0.994. The van der Waals surface area contributed by atoms with Gasteiger partial charge in [-0.15, -0.1) is 0 Å². The lowest BCUT2D eigenvalue weighted by Gasteiger charge is -1.92. The lowest BCUT2D eigenvalue weighted by atomic mass is 10.3. The number of pyridine rings is 1. The van der Waals surface area contributed by atoms with Gasteiger partial charge in [0.05, 0.1) is 4.90 Å². The van der Waals surface area contributed by atoms with E-state index in [9.17, 15) is 8.42 Å².